The number of benzene rings is 2. The number of nitrogens with two attached hydrogens (primary N) is 2. The van der Waals surface area contributed by atoms with E-state index in [2.05, 4.69) is 33.2 Å². The van der Waals surface area contributed by atoms with Gasteiger partial charge in [0.05, 0.1) is 11.4 Å². The molecule has 4 N–H and O–H groups in total. The van der Waals surface area contributed by atoms with Gasteiger partial charge in [-0.05, 0) is 66.9 Å². The van der Waals surface area contributed by atoms with Crippen molar-refractivity contribution in [2.75, 3.05) is 11.5 Å². The molecular weight excluding hydrogens is 379 g/mol. The van der Waals surface area contributed by atoms with E-state index < -0.39 is 4.70 Å². The zero-order chi connectivity index (χ0) is 20.1. The van der Waals surface area contributed by atoms with Crippen LogP contribution in [0.1, 0.15) is 11.1 Å². The molecule has 0 aliphatic carbocycles. The first-order valence-electron chi connectivity index (χ1n) is 6.95. The van der Waals surface area contributed by atoms with Gasteiger partial charge in [0.25, 0.3) is 0 Å². The molecule has 9 heteroatoms. The van der Waals surface area contributed by atoms with Gasteiger partial charge in [-0.2, -0.15) is 9.98 Å². The summed E-state index contributed by atoms with van der Waals surface area (Å²) in [6, 6.07) is 10.5. The standard InChI is InChI=1S/C9H6N2O2.C7H10N2.CCl2O/c1-7-8(10-5-12)3-2-4-9(7)11-6-13;1-5-6(8)3-2-4-7(5)9;2-1(3)4/h2-4H,1H3;2-4H,8-9H2,1H3;. The maximum absolute atomic E-state index is 10.00. The van der Waals surface area contributed by atoms with E-state index in [9.17, 15) is 9.59 Å². The van der Waals surface area contributed by atoms with Crippen molar-refractivity contribution in [1.82, 2.24) is 0 Å². The Bertz CT molecular complexity index is 799. The molecule has 2 aromatic rings. The lowest BCUT2D eigenvalue weighted by Crippen LogP contribution is -1.94. The number of aliphatic imine (C=N–C) groups is 2. The Labute approximate surface area is 160 Å². The fourth-order valence-corrected chi connectivity index (χ4v) is 1.62. The van der Waals surface area contributed by atoms with Crippen molar-refractivity contribution < 1.29 is 14.4 Å². The Morgan fingerprint density at radius 1 is 0.846 bits per heavy atom. The molecule has 136 valence electrons. The highest BCUT2D eigenvalue weighted by Crippen LogP contribution is 2.26. The Hall–Kier alpha value is -2.95. The zero-order valence-electron chi connectivity index (χ0n) is 14.0. The van der Waals surface area contributed by atoms with Crippen molar-refractivity contribution in [3.05, 3.63) is 47.5 Å². The van der Waals surface area contributed by atoms with E-state index >= 15 is 0 Å². The van der Waals surface area contributed by atoms with Gasteiger partial charge >= 0.3 is 4.70 Å². The van der Waals surface area contributed by atoms with Gasteiger partial charge in [-0.3, -0.25) is 4.79 Å². The molecular formula is C17H16Cl2N4O3. The van der Waals surface area contributed by atoms with Crippen LogP contribution in [-0.2, 0) is 9.59 Å². The molecule has 0 heterocycles. The number of carbonyl (C=O) groups excluding carboxylic acids is 3. The highest BCUT2D eigenvalue weighted by Gasteiger charge is 2.00. The first kappa shape index (κ1) is 23.1. The lowest BCUT2D eigenvalue weighted by Gasteiger charge is -2.00. The quantitative estimate of drug-likeness (QED) is 0.330. The van der Waals surface area contributed by atoms with Crippen LogP contribution in [0.4, 0.5) is 27.5 Å². The Morgan fingerprint density at radius 3 is 1.50 bits per heavy atom. The third kappa shape index (κ3) is 8.78. The van der Waals surface area contributed by atoms with E-state index in [4.69, 9.17) is 16.3 Å². The average molecular weight is 395 g/mol. The number of rotatable bonds is 2. The van der Waals surface area contributed by atoms with Crippen LogP contribution < -0.4 is 11.5 Å². The maximum atomic E-state index is 10.00. The Balaban J connectivity index is 0.000000416. The van der Waals surface area contributed by atoms with Gasteiger partial charge in [0.1, 0.15) is 0 Å². The van der Waals surface area contributed by atoms with Gasteiger partial charge in [-0.15, -0.1) is 0 Å². The van der Waals surface area contributed by atoms with Crippen LogP contribution in [0.2, 0.25) is 0 Å². The molecule has 2 aromatic carbocycles. The summed E-state index contributed by atoms with van der Waals surface area (Å²) < 4.78 is -0.889. The van der Waals surface area contributed by atoms with Crippen molar-refractivity contribution in [2.45, 2.75) is 13.8 Å². The Morgan fingerprint density at radius 2 is 1.19 bits per heavy atom. The third-order valence-electron chi connectivity index (χ3n) is 3.03. The number of anilines is 2. The van der Waals surface area contributed by atoms with Crippen LogP contribution >= 0.6 is 23.2 Å². The van der Waals surface area contributed by atoms with Gasteiger partial charge in [0.2, 0.25) is 12.2 Å². The summed E-state index contributed by atoms with van der Waals surface area (Å²) >= 11 is 8.80. The van der Waals surface area contributed by atoms with Crippen molar-refractivity contribution in [2.24, 2.45) is 9.98 Å². The van der Waals surface area contributed by atoms with Gasteiger partial charge in [-0.25, -0.2) is 9.59 Å². The number of isocyanates is 2. The van der Waals surface area contributed by atoms with Crippen molar-refractivity contribution in [1.29, 1.82) is 0 Å². The molecule has 0 fully saturated rings. The molecule has 0 radical (unpaired) electrons. The maximum Gasteiger partial charge on any atom is 0.313 e. The number of carbonyl (C=O) groups is 1. The van der Waals surface area contributed by atoms with Gasteiger partial charge in [0, 0.05) is 16.9 Å². The molecule has 0 saturated heterocycles. The third-order valence-corrected chi connectivity index (χ3v) is 3.03. The summed E-state index contributed by atoms with van der Waals surface area (Å²) in [6.45, 7) is 3.62. The number of hydrogen-bond acceptors (Lipinski definition) is 7. The fourth-order valence-electron chi connectivity index (χ4n) is 1.62. The predicted octanol–water partition coefficient (Wildman–Crippen LogP) is 4.67. The van der Waals surface area contributed by atoms with E-state index in [-0.39, 0.29) is 0 Å². The van der Waals surface area contributed by atoms with Gasteiger partial charge in [0.15, 0.2) is 0 Å². The number of hydrogen-bond donors (Lipinski definition) is 2. The summed E-state index contributed by atoms with van der Waals surface area (Å²) in [5, 5.41) is 0. The van der Waals surface area contributed by atoms with Crippen LogP contribution in [0.5, 0.6) is 0 Å². The molecule has 0 bridgehead atoms. The molecule has 26 heavy (non-hydrogen) atoms. The van der Waals surface area contributed by atoms with Crippen LogP contribution in [0.15, 0.2) is 46.4 Å². The normalized spacial score (nSPS) is 8.46. The second kappa shape index (κ2) is 12.4. The zero-order valence-corrected chi connectivity index (χ0v) is 15.5. The largest absolute Gasteiger partial charge is 0.398 e. The number of nitrogens with zero attached hydrogens (tertiary/aromatic N) is 2. The summed E-state index contributed by atoms with van der Waals surface area (Å²) in [5.74, 6) is 0. The van der Waals surface area contributed by atoms with E-state index in [1.165, 1.54) is 12.2 Å². The fraction of sp³-hybridized carbons (Fsp3) is 0.118. The first-order valence-corrected chi connectivity index (χ1v) is 7.71. The molecule has 0 amide bonds. The molecule has 2 rings (SSSR count). The average Bonchev–Trinajstić information content (AvgIpc) is 2.57. The van der Waals surface area contributed by atoms with Crippen LogP contribution in [0.25, 0.3) is 0 Å². The second-order valence-electron chi connectivity index (χ2n) is 4.61. The number of halogens is 2. The van der Waals surface area contributed by atoms with E-state index in [1.807, 2.05) is 25.1 Å². The van der Waals surface area contributed by atoms with Crippen LogP contribution in [-0.4, -0.2) is 16.9 Å². The summed E-state index contributed by atoms with van der Waals surface area (Å²) in [5.41, 5.74) is 15.2. The van der Waals surface area contributed by atoms with Crippen molar-refractivity contribution in [3.8, 4) is 0 Å². The molecule has 0 spiro atoms. The molecule has 7 nitrogen and oxygen atoms in total. The van der Waals surface area contributed by atoms with Crippen molar-refractivity contribution >= 4 is 62.8 Å². The molecule has 0 atom stereocenters. The number of nitrogen functional groups attached to an aromatic ring is 2. The molecule has 0 saturated carbocycles. The SMILES string of the molecule is Cc1c(N)cccc1N.Cc1c(N=C=O)cccc1N=C=O.O=C(Cl)Cl. The lowest BCUT2D eigenvalue weighted by molar-refractivity contribution is 0.275. The van der Waals surface area contributed by atoms with Gasteiger partial charge < -0.3 is 11.5 Å². The minimum Gasteiger partial charge on any atom is -0.398 e. The van der Waals surface area contributed by atoms with E-state index in [0.29, 0.717) is 16.9 Å². The molecule has 0 aromatic heterocycles. The molecule has 0 aliphatic rings. The Kier molecular flexibility index (Phi) is 11.0. The van der Waals surface area contributed by atoms with Gasteiger partial charge in [-0.1, -0.05) is 12.1 Å². The minimum atomic E-state index is -0.889. The van der Waals surface area contributed by atoms with E-state index in [0.717, 1.165) is 16.9 Å². The summed E-state index contributed by atoms with van der Waals surface area (Å²) in [4.78, 5) is 35.9. The first-order chi connectivity index (χ1) is 12.2. The van der Waals surface area contributed by atoms with Crippen LogP contribution in [0, 0.1) is 13.8 Å². The lowest BCUT2D eigenvalue weighted by atomic mass is 10.1. The van der Waals surface area contributed by atoms with E-state index in [1.54, 1.807) is 25.1 Å². The smallest absolute Gasteiger partial charge is 0.313 e. The van der Waals surface area contributed by atoms with Crippen molar-refractivity contribution in [3.63, 3.8) is 0 Å². The summed E-state index contributed by atoms with van der Waals surface area (Å²) in [6.07, 6.45) is 2.86. The molecule has 0 aliphatic heterocycles. The topological polar surface area (TPSA) is 128 Å². The highest BCUT2D eigenvalue weighted by molar-refractivity contribution is 6.93. The van der Waals surface area contributed by atoms with Crippen LogP contribution in [0.3, 0.4) is 0 Å². The summed E-state index contributed by atoms with van der Waals surface area (Å²) in [7, 11) is 0. The monoisotopic (exact) mass is 394 g/mol. The minimum absolute atomic E-state index is 0.464. The molecule has 0 unspecified atom stereocenters. The second-order valence-corrected chi connectivity index (χ2v) is 5.49. The highest BCUT2D eigenvalue weighted by atomic mass is 35.5. The predicted molar refractivity (Wildman–Crippen MR) is 104 cm³/mol.